The molecule has 3 rings (SSSR count). The van der Waals surface area contributed by atoms with Crippen molar-refractivity contribution in [2.45, 2.75) is 6.92 Å². The zero-order chi connectivity index (χ0) is 17.8. The maximum absolute atomic E-state index is 12.7. The molecule has 8 heteroatoms. The molecule has 0 saturated carbocycles. The topological polar surface area (TPSA) is 79.6 Å². The number of aliphatic hydroxyl groups excluding tert-OH is 1. The van der Waals surface area contributed by atoms with Crippen LogP contribution in [-0.2, 0) is 9.53 Å². The molecule has 1 aromatic heterocycles. The molecule has 2 heterocycles. The molecular weight excluding hydrogens is 344 g/mol. The van der Waals surface area contributed by atoms with Gasteiger partial charge in [0.05, 0.1) is 25.5 Å². The predicted octanol–water partition coefficient (Wildman–Crippen LogP) is 2.23. The highest BCUT2D eigenvalue weighted by molar-refractivity contribution is 6.30. The Balaban J connectivity index is 1.88. The van der Waals surface area contributed by atoms with Crippen molar-refractivity contribution in [2.75, 3.05) is 26.3 Å². The van der Waals surface area contributed by atoms with Gasteiger partial charge in [-0.25, -0.2) is 10.1 Å². The lowest BCUT2D eigenvalue weighted by molar-refractivity contribution is -0.128. The lowest BCUT2D eigenvalue weighted by atomic mass is 10.1. The van der Waals surface area contributed by atoms with Crippen LogP contribution in [0.3, 0.4) is 0 Å². The van der Waals surface area contributed by atoms with Gasteiger partial charge in [-0.15, -0.1) is 0 Å². The predicted molar refractivity (Wildman–Crippen MR) is 94.8 cm³/mol. The van der Waals surface area contributed by atoms with Gasteiger partial charge in [0.15, 0.2) is 5.70 Å². The summed E-state index contributed by atoms with van der Waals surface area (Å²) in [7, 11) is 0. The van der Waals surface area contributed by atoms with E-state index in [-0.39, 0.29) is 11.6 Å². The lowest BCUT2D eigenvalue weighted by Crippen LogP contribution is -2.44. The molecule has 1 saturated heterocycles. The van der Waals surface area contributed by atoms with Gasteiger partial charge in [0, 0.05) is 22.8 Å². The first kappa shape index (κ1) is 17.5. The number of ether oxygens (including phenoxy) is 1. The fourth-order valence-electron chi connectivity index (χ4n) is 2.58. The number of hydrogen-bond acceptors (Lipinski definition) is 5. The van der Waals surface area contributed by atoms with Gasteiger partial charge in [-0.1, -0.05) is 23.7 Å². The maximum Gasteiger partial charge on any atom is 0.289 e. The minimum Gasteiger partial charge on any atom is -0.513 e. The molecule has 1 aliphatic heterocycles. The Hall–Kier alpha value is -2.35. The molecule has 1 amide bonds. The number of aliphatic hydroxyl groups is 1. The molecule has 0 atom stereocenters. The number of carbonyl (C=O) groups is 1. The van der Waals surface area contributed by atoms with E-state index >= 15 is 0 Å². The average Bonchev–Trinajstić information content (AvgIpc) is 2.83. The SMILES string of the molecule is Cc1cc(-c2ccc(Cl)cc2)nn1C(=CO)C(=O)N1CCOCCN1. The number of hydrazine groups is 1. The van der Waals surface area contributed by atoms with E-state index in [1.54, 1.807) is 12.1 Å². The van der Waals surface area contributed by atoms with E-state index in [4.69, 9.17) is 16.3 Å². The number of amides is 1. The fourth-order valence-corrected chi connectivity index (χ4v) is 2.71. The number of nitrogens with zero attached hydrogens (tertiary/aromatic N) is 3. The van der Waals surface area contributed by atoms with Crippen molar-refractivity contribution in [1.82, 2.24) is 20.2 Å². The highest BCUT2D eigenvalue weighted by Crippen LogP contribution is 2.23. The van der Waals surface area contributed by atoms with Gasteiger partial charge in [0.2, 0.25) is 0 Å². The molecule has 0 radical (unpaired) electrons. The number of halogens is 1. The number of benzene rings is 1. The zero-order valence-corrected chi connectivity index (χ0v) is 14.5. The standard InChI is InChI=1S/C17H19ClN4O3/c1-12-10-15(13-2-4-14(18)5-3-13)20-22(12)16(11-23)17(24)21-7-9-25-8-6-19-21/h2-5,10-11,19,23H,6-9H2,1H3. The monoisotopic (exact) mass is 362 g/mol. The summed E-state index contributed by atoms with van der Waals surface area (Å²) in [6, 6.07) is 9.11. The van der Waals surface area contributed by atoms with Crippen molar-refractivity contribution >= 4 is 23.2 Å². The number of aryl methyl sites for hydroxylation is 1. The molecular formula is C17H19ClN4O3. The lowest BCUT2D eigenvalue weighted by Gasteiger charge is -2.21. The third-order valence-corrected chi connectivity index (χ3v) is 4.10. The summed E-state index contributed by atoms with van der Waals surface area (Å²) in [4.78, 5) is 12.7. The highest BCUT2D eigenvalue weighted by atomic mass is 35.5. The second-order valence-corrected chi connectivity index (χ2v) is 6.02. The van der Waals surface area contributed by atoms with Crippen molar-refractivity contribution in [2.24, 2.45) is 0 Å². The van der Waals surface area contributed by atoms with Crippen molar-refractivity contribution < 1.29 is 14.6 Å². The molecule has 1 aliphatic rings. The van der Waals surface area contributed by atoms with E-state index < -0.39 is 0 Å². The molecule has 0 spiro atoms. The third kappa shape index (κ3) is 3.84. The molecule has 1 fully saturated rings. The van der Waals surface area contributed by atoms with Crippen molar-refractivity contribution in [3.05, 3.63) is 47.3 Å². The van der Waals surface area contributed by atoms with Crippen molar-refractivity contribution in [1.29, 1.82) is 0 Å². The molecule has 0 aliphatic carbocycles. The number of hydrogen-bond donors (Lipinski definition) is 2. The van der Waals surface area contributed by atoms with Crippen LogP contribution < -0.4 is 5.43 Å². The third-order valence-electron chi connectivity index (χ3n) is 3.85. The Labute approximate surface area is 150 Å². The fraction of sp³-hybridized carbons (Fsp3) is 0.294. The zero-order valence-electron chi connectivity index (χ0n) is 13.8. The van der Waals surface area contributed by atoms with Gasteiger partial charge in [-0.2, -0.15) is 5.10 Å². The first-order valence-electron chi connectivity index (χ1n) is 7.90. The summed E-state index contributed by atoms with van der Waals surface area (Å²) in [5.74, 6) is -0.373. The van der Waals surface area contributed by atoms with Crippen LogP contribution in [0, 0.1) is 6.92 Å². The van der Waals surface area contributed by atoms with Gasteiger partial charge in [0.1, 0.15) is 6.26 Å². The molecule has 132 valence electrons. The number of rotatable bonds is 3. The van der Waals surface area contributed by atoms with Crippen LogP contribution in [0.4, 0.5) is 0 Å². The Kier molecular flexibility index (Phi) is 5.37. The molecule has 2 aromatic rings. The van der Waals surface area contributed by atoms with Crippen molar-refractivity contribution in [3.8, 4) is 11.3 Å². The van der Waals surface area contributed by atoms with Crippen LogP contribution in [0.5, 0.6) is 0 Å². The van der Waals surface area contributed by atoms with E-state index in [2.05, 4.69) is 10.5 Å². The summed E-state index contributed by atoms with van der Waals surface area (Å²) in [6.07, 6.45) is 0.779. The van der Waals surface area contributed by atoms with Gasteiger partial charge in [-0.05, 0) is 25.1 Å². The Morgan fingerprint density at radius 2 is 2.12 bits per heavy atom. The van der Waals surface area contributed by atoms with Gasteiger partial charge < -0.3 is 9.84 Å². The first-order chi connectivity index (χ1) is 12.1. The van der Waals surface area contributed by atoms with E-state index in [1.807, 2.05) is 25.1 Å². The second-order valence-electron chi connectivity index (χ2n) is 5.58. The van der Waals surface area contributed by atoms with Crippen LogP contribution in [-0.4, -0.2) is 52.1 Å². The molecule has 0 unspecified atom stereocenters. The Bertz CT molecular complexity index is 778. The number of nitrogens with one attached hydrogen (secondary N) is 1. The average molecular weight is 363 g/mol. The molecule has 25 heavy (non-hydrogen) atoms. The molecule has 0 bridgehead atoms. The summed E-state index contributed by atoms with van der Waals surface area (Å²) in [5.41, 5.74) is 5.33. The highest BCUT2D eigenvalue weighted by Gasteiger charge is 2.23. The molecule has 7 nitrogen and oxygen atoms in total. The number of aromatic nitrogens is 2. The van der Waals surface area contributed by atoms with Crippen LogP contribution in [0.2, 0.25) is 5.02 Å². The molecule has 1 aromatic carbocycles. The van der Waals surface area contributed by atoms with Crippen LogP contribution >= 0.6 is 11.6 Å². The largest absolute Gasteiger partial charge is 0.513 e. The van der Waals surface area contributed by atoms with Crippen LogP contribution in [0.25, 0.3) is 17.0 Å². The minimum absolute atomic E-state index is 0.0621. The molecule has 2 N–H and O–H groups in total. The van der Waals surface area contributed by atoms with Crippen LogP contribution in [0.1, 0.15) is 5.69 Å². The minimum atomic E-state index is -0.373. The van der Waals surface area contributed by atoms with Crippen molar-refractivity contribution in [3.63, 3.8) is 0 Å². The maximum atomic E-state index is 12.7. The normalized spacial score (nSPS) is 15.9. The summed E-state index contributed by atoms with van der Waals surface area (Å²) in [6.45, 7) is 3.70. The van der Waals surface area contributed by atoms with E-state index in [9.17, 15) is 9.90 Å². The van der Waals surface area contributed by atoms with Crippen LogP contribution in [0.15, 0.2) is 36.6 Å². The van der Waals surface area contributed by atoms with E-state index in [0.717, 1.165) is 17.5 Å². The number of carbonyl (C=O) groups excluding carboxylic acids is 1. The van der Waals surface area contributed by atoms with E-state index in [1.165, 1.54) is 9.69 Å². The quantitative estimate of drug-likeness (QED) is 0.646. The first-order valence-corrected chi connectivity index (χ1v) is 8.28. The van der Waals surface area contributed by atoms with Gasteiger partial charge >= 0.3 is 0 Å². The summed E-state index contributed by atoms with van der Waals surface area (Å²) in [5, 5.41) is 16.2. The van der Waals surface area contributed by atoms with Gasteiger partial charge in [0.25, 0.3) is 5.91 Å². The Morgan fingerprint density at radius 3 is 2.84 bits per heavy atom. The van der Waals surface area contributed by atoms with E-state index in [0.29, 0.717) is 37.0 Å². The smallest absolute Gasteiger partial charge is 0.289 e. The van der Waals surface area contributed by atoms with Gasteiger partial charge in [-0.3, -0.25) is 9.80 Å². The Morgan fingerprint density at radius 1 is 1.36 bits per heavy atom. The summed E-state index contributed by atoms with van der Waals surface area (Å²) >= 11 is 5.91. The second kappa shape index (κ2) is 7.69. The summed E-state index contributed by atoms with van der Waals surface area (Å²) < 4.78 is 6.75.